The van der Waals surface area contributed by atoms with Crippen LogP contribution in [0.15, 0.2) is 24.4 Å². The van der Waals surface area contributed by atoms with Gasteiger partial charge in [0.15, 0.2) is 5.69 Å². The van der Waals surface area contributed by atoms with Gasteiger partial charge in [0.05, 0.1) is 10.7 Å². The van der Waals surface area contributed by atoms with Crippen LogP contribution in [0.3, 0.4) is 0 Å². The number of rotatable bonds is 5. The highest BCUT2D eigenvalue weighted by molar-refractivity contribution is 6.32. The minimum Gasteiger partial charge on any atom is -0.476 e. The third-order valence-corrected chi connectivity index (χ3v) is 3.26. The van der Waals surface area contributed by atoms with Crippen molar-refractivity contribution in [3.63, 3.8) is 0 Å². The third-order valence-electron chi connectivity index (χ3n) is 2.95. The highest BCUT2D eigenvalue weighted by Gasteiger charge is 2.17. The van der Waals surface area contributed by atoms with Crippen molar-refractivity contribution in [1.29, 1.82) is 0 Å². The van der Waals surface area contributed by atoms with E-state index in [4.69, 9.17) is 16.7 Å². The van der Waals surface area contributed by atoms with Crippen LogP contribution < -0.4 is 0 Å². The number of aromatic carboxylic acids is 1. The molecule has 0 aliphatic rings. The molecule has 0 bridgehead atoms. The SMILES string of the molecule is Cc1ccc(Cl)c(-n2cc(CCCO)c(C(=O)O)n2)c1. The largest absolute Gasteiger partial charge is 0.476 e. The molecule has 0 unspecified atom stereocenters. The zero-order valence-corrected chi connectivity index (χ0v) is 11.8. The standard InChI is InChI=1S/C14H15ClN2O3/c1-9-4-5-11(15)12(7-9)17-8-10(3-2-6-18)13(16-17)14(19)20/h4-5,7-8,18H,2-3,6H2,1H3,(H,19,20). The van der Waals surface area contributed by atoms with Crippen LogP contribution in [0.2, 0.25) is 5.02 Å². The maximum absolute atomic E-state index is 11.2. The molecule has 0 radical (unpaired) electrons. The molecule has 0 atom stereocenters. The van der Waals surface area contributed by atoms with Gasteiger partial charge in [-0.3, -0.25) is 0 Å². The van der Waals surface area contributed by atoms with Crippen molar-refractivity contribution in [1.82, 2.24) is 9.78 Å². The van der Waals surface area contributed by atoms with Crippen molar-refractivity contribution >= 4 is 17.6 Å². The van der Waals surface area contributed by atoms with Gasteiger partial charge in [0.25, 0.3) is 0 Å². The van der Waals surface area contributed by atoms with Crippen molar-refractivity contribution in [3.05, 3.63) is 46.2 Å². The Morgan fingerprint density at radius 3 is 2.85 bits per heavy atom. The first-order chi connectivity index (χ1) is 9.52. The normalized spacial score (nSPS) is 10.8. The van der Waals surface area contributed by atoms with Crippen LogP contribution in [0.1, 0.15) is 28.0 Å². The Kier molecular flexibility index (Phi) is 4.42. The number of aromatic nitrogens is 2. The summed E-state index contributed by atoms with van der Waals surface area (Å²) in [7, 11) is 0. The van der Waals surface area contributed by atoms with Crippen molar-refractivity contribution in [2.24, 2.45) is 0 Å². The predicted octanol–water partition coefficient (Wildman–Crippen LogP) is 2.46. The summed E-state index contributed by atoms with van der Waals surface area (Å²) in [5.74, 6) is -1.08. The number of carboxylic acids is 1. The van der Waals surface area contributed by atoms with Gasteiger partial charge >= 0.3 is 5.97 Å². The number of nitrogens with zero attached hydrogens (tertiary/aromatic N) is 2. The molecule has 6 heteroatoms. The minimum absolute atomic E-state index is 0.00368. The van der Waals surface area contributed by atoms with Gasteiger partial charge in [0, 0.05) is 18.4 Å². The van der Waals surface area contributed by atoms with Crippen LogP contribution in [-0.2, 0) is 6.42 Å². The number of aliphatic hydroxyl groups is 1. The van der Waals surface area contributed by atoms with E-state index in [9.17, 15) is 9.90 Å². The number of halogens is 1. The third kappa shape index (κ3) is 3.00. The second kappa shape index (κ2) is 6.07. The molecule has 2 N–H and O–H groups in total. The van der Waals surface area contributed by atoms with Gasteiger partial charge in [-0.05, 0) is 37.5 Å². The lowest BCUT2D eigenvalue weighted by Crippen LogP contribution is -2.03. The van der Waals surface area contributed by atoms with E-state index in [1.165, 1.54) is 4.68 Å². The predicted molar refractivity (Wildman–Crippen MR) is 75.7 cm³/mol. The van der Waals surface area contributed by atoms with Crippen molar-refractivity contribution in [2.75, 3.05) is 6.61 Å². The van der Waals surface area contributed by atoms with Gasteiger partial charge in [0.2, 0.25) is 0 Å². The zero-order chi connectivity index (χ0) is 14.7. The summed E-state index contributed by atoms with van der Waals surface area (Å²) in [6.07, 6.45) is 2.61. The van der Waals surface area contributed by atoms with Crippen molar-refractivity contribution < 1.29 is 15.0 Å². The Bertz CT molecular complexity index is 637. The first kappa shape index (κ1) is 14.6. The van der Waals surface area contributed by atoms with Crippen LogP contribution in [0.5, 0.6) is 0 Å². The fourth-order valence-electron chi connectivity index (χ4n) is 1.96. The molecule has 0 spiro atoms. The fraction of sp³-hybridized carbons (Fsp3) is 0.286. The van der Waals surface area contributed by atoms with Gasteiger partial charge in [-0.25, -0.2) is 9.48 Å². The zero-order valence-electron chi connectivity index (χ0n) is 11.0. The number of carbonyl (C=O) groups is 1. The summed E-state index contributed by atoms with van der Waals surface area (Å²) < 4.78 is 1.48. The molecule has 0 fully saturated rings. The van der Waals surface area contributed by atoms with E-state index >= 15 is 0 Å². The van der Waals surface area contributed by atoms with Crippen LogP contribution in [0.25, 0.3) is 5.69 Å². The lowest BCUT2D eigenvalue weighted by Gasteiger charge is -2.05. The van der Waals surface area contributed by atoms with Gasteiger partial charge in [0.1, 0.15) is 0 Å². The second-order valence-corrected chi connectivity index (χ2v) is 4.94. The number of aliphatic hydroxyl groups excluding tert-OH is 1. The van der Waals surface area contributed by atoms with E-state index in [0.29, 0.717) is 29.1 Å². The molecule has 1 aromatic heterocycles. The average molecular weight is 295 g/mol. The Balaban J connectivity index is 2.47. The van der Waals surface area contributed by atoms with Crippen molar-refractivity contribution in [2.45, 2.75) is 19.8 Å². The molecule has 0 amide bonds. The Morgan fingerprint density at radius 1 is 1.45 bits per heavy atom. The summed E-state index contributed by atoms with van der Waals surface area (Å²) in [4.78, 5) is 11.2. The maximum atomic E-state index is 11.2. The summed E-state index contributed by atoms with van der Waals surface area (Å²) in [5.41, 5.74) is 2.23. The van der Waals surface area contributed by atoms with Crippen LogP contribution in [0.4, 0.5) is 0 Å². The van der Waals surface area contributed by atoms with E-state index in [0.717, 1.165) is 5.56 Å². The topological polar surface area (TPSA) is 75.4 Å². The molecule has 0 saturated heterocycles. The molecule has 20 heavy (non-hydrogen) atoms. The van der Waals surface area contributed by atoms with E-state index in [-0.39, 0.29) is 12.3 Å². The lowest BCUT2D eigenvalue weighted by atomic mass is 10.1. The maximum Gasteiger partial charge on any atom is 0.356 e. The van der Waals surface area contributed by atoms with Gasteiger partial charge < -0.3 is 10.2 Å². The quantitative estimate of drug-likeness (QED) is 0.888. The molecule has 2 aromatic rings. The highest BCUT2D eigenvalue weighted by Crippen LogP contribution is 2.23. The van der Waals surface area contributed by atoms with Crippen LogP contribution in [0, 0.1) is 6.92 Å². The molecular formula is C14H15ClN2O3. The van der Waals surface area contributed by atoms with E-state index in [1.54, 1.807) is 12.3 Å². The van der Waals surface area contributed by atoms with Gasteiger partial charge in [-0.2, -0.15) is 5.10 Å². The minimum atomic E-state index is -1.08. The van der Waals surface area contributed by atoms with Crippen LogP contribution in [-0.4, -0.2) is 32.6 Å². The van der Waals surface area contributed by atoms with Crippen LogP contribution >= 0.6 is 11.6 Å². The number of carboxylic acid groups (broad SMARTS) is 1. The summed E-state index contributed by atoms with van der Waals surface area (Å²) in [6, 6.07) is 5.47. The number of aryl methyl sites for hydroxylation is 2. The molecular weight excluding hydrogens is 280 g/mol. The molecule has 0 aliphatic carbocycles. The monoisotopic (exact) mass is 294 g/mol. The average Bonchev–Trinajstić information content (AvgIpc) is 2.83. The Labute approximate surface area is 121 Å². The molecule has 0 saturated carbocycles. The number of benzene rings is 1. The molecule has 1 aromatic carbocycles. The van der Waals surface area contributed by atoms with Crippen molar-refractivity contribution in [3.8, 4) is 5.69 Å². The second-order valence-electron chi connectivity index (χ2n) is 4.53. The Hall–Kier alpha value is -1.85. The molecule has 5 nitrogen and oxygen atoms in total. The molecule has 106 valence electrons. The summed E-state index contributed by atoms with van der Waals surface area (Å²) in [5, 5.41) is 22.6. The van der Waals surface area contributed by atoms with E-state index in [1.807, 2.05) is 19.1 Å². The first-order valence-electron chi connectivity index (χ1n) is 6.22. The molecule has 2 rings (SSSR count). The number of hydrogen-bond acceptors (Lipinski definition) is 3. The van der Waals surface area contributed by atoms with Gasteiger partial charge in [-0.1, -0.05) is 17.7 Å². The Morgan fingerprint density at radius 2 is 2.20 bits per heavy atom. The highest BCUT2D eigenvalue weighted by atomic mass is 35.5. The summed E-state index contributed by atoms with van der Waals surface area (Å²) in [6.45, 7) is 1.93. The first-order valence-corrected chi connectivity index (χ1v) is 6.60. The smallest absolute Gasteiger partial charge is 0.356 e. The number of hydrogen-bond donors (Lipinski definition) is 2. The molecule has 1 heterocycles. The van der Waals surface area contributed by atoms with E-state index < -0.39 is 5.97 Å². The summed E-state index contributed by atoms with van der Waals surface area (Å²) >= 11 is 6.13. The van der Waals surface area contributed by atoms with Gasteiger partial charge in [-0.15, -0.1) is 0 Å². The molecule has 0 aliphatic heterocycles. The van der Waals surface area contributed by atoms with E-state index in [2.05, 4.69) is 5.10 Å². The lowest BCUT2D eigenvalue weighted by molar-refractivity contribution is 0.0688. The fourth-order valence-corrected chi connectivity index (χ4v) is 2.17.